The first-order chi connectivity index (χ1) is 9.31. The van der Waals surface area contributed by atoms with Crippen LogP contribution in [0.1, 0.15) is 25.8 Å². The second kappa shape index (κ2) is 7.64. The molecule has 0 bridgehead atoms. The van der Waals surface area contributed by atoms with E-state index in [1.54, 1.807) is 0 Å². The van der Waals surface area contributed by atoms with Gasteiger partial charge in [0, 0.05) is 18.6 Å². The van der Waals surface area contributed by atoms with E-state index in [0.29, 0.717) is 13.0 Å². The molecule has 0 saturated heterocycles. The number of nitrogens with one attached hydrogen (secondary N) is 1. The molecule has 0 atom stereocenters. The second-order valence-corrected chi connectivity index (χ2v) is 5.45. The molecule has 1 rings (SSSR count). The SMILES string of the molecule is CC(C)(CNCCCOCC(F)(F)F)c1ccccc1. The Morgan fingerprint density at radius 2 is 1.75 bits per heavy atom. The van der Waals surface area contributed by atoms with Crippen LogP contribution in [0, 0.1) is 0 Å². The van der Waals surface area contributed by atoms with Crippen LogP contribution in [-0.4, -0.2) is 32.5 Å². The summed E-state index contributed by atoms with van der Waals surface area (Å²) in [7, 11) is 0. The van der Waals surface area contributed by atoms with E-state index >= 15 is 0 Å². The molecule has 0 fully saturated rings. The van der Waals surface area contributed by atoms with E-state index in [2.05, 4.69) is 36.0 Å². The van der Waals surface area contributed by atoms with Crippen LogP contribution >= 0.6 is 0 Å². The fourth-order valence-corrected chi connectivity index (χ4v) is 1.88. The van der Waals surface area contributed by atoms with Gasteiger partial charge in [-0.1, -0.05) is 44.2 Å². The van der Waals surface area contributed by atoms with Crippen LogP contribution in [-0.2, 0) is 10.2 Å². The molecule has 0 heterocycles. The van der Waals surface area contributed by atoms with Crippen LogP contribution in [0.5, 0.6) is 0 Å². The lowest BCUT2D eigenvalue weighted by atomic mass is 9.84. The molecule has 0 spiro atoms. The number of ether oxygens (including phenoxy) is 1. The van der Waals surface area contributed by atoms with Gasteiger partial charge in [0.15, 0.2) is 0 Å². The predicted octanol–water partition coefficient (Wildman–Crippen LogP) is 3.52. The van der Waals surface area contributed by atoms with Crippen LogP contribution in [0.15, 0.2) is 30.3 Å². The Morgan fingerprint density at radius 1 is 1.10 bits per heavy atom. The highest BCUT2D eigenvalue weighted by Crippen LogP contribution is 2.21. The Hall–Kier alpha value is -1.07. The summed E-state index contributed by atoms with van der Waals surface area (Å²) in [6.07, 6.45) is -3.66. The van der Waals surface area contributed by atoms with Gasteiger partial charge in [0.25, 0.3) is 0 Å². The van der Waals surface area contributed by atoms with E-state index in [-0.39, 0.29) is 12.0 Å². The van der Waals surface area contributed by atoms with Crippen molar-refractivity contribution in [2.45, 2.75) is 31.9 Å². The number of hydrogen-bond acceptors (Lipinski definition) is 2. The molecule has 5 heteroatoms. The number of halogens is 3. The van der Waals surface area contributed by atoms with Gasteiger partial charge in [-0.25, -0.2) is 0 Å². The van der Waals surface area contributed by atoms with Crippen LogP contribution < -0.4 is 5.32 Å². The zero-order chi connectivity index (χ0) is 15.1. The molecule has 1 N–H and O–H groups in total. The molecule has 0 aliphatic carbocycles. The van der Waals surface area contributed by atoms with E-state index in [0.717, 1.165) is 6.54 Å². The summed E-state index contributed by atoms with van der Waals surface area (Å²) in [6.45, 7) is 4.65. The Morgan fingerprint density at radius 3 is 2.35 bits per heavy atom. The molecule has 0 radical (unpaired) electrons. The molecular formula is C15H22F3NO. The molecule has 0 unspecified atom stereocenters. The van der Waals surface area contributed by atoms with Crippen LogP contribution in [0.25, 0.3) is 0 Å². The van der Waals surface area contributed by atoms with Crippen molar-refractivity contribution in [1.82, 2.24) is 5.32 Å². The minimum absolute atomic E-state index is 0.00587. The lowest BCUT2D eigenvalue weighted by Crippen LogP contribution is -2.33. The molecule has 0 saturated carbocycles. The quantitative estimate of drug-likeness (QED) is 0.739. The zero-order valence-corrected chi connectivity index (χ0v) is 12.0. The number of hydrogen-bond donors (Lipinski definition) is 1. The van der Waals surface area contributed by atoms with E-state index in [4.69, 9.17) is 0 Å². The van der Waals surface area contributed by atoms with Crippen molar-refractivity contribution < 1.29 is 17.9 Å². The Kier molecular flexibility index (Phi) is 6.49. The molecule has 0 amide bonds. The van der Waals surface area contributed by atoms with E-state index in [9.17, 15) is 13.2 Å². The first kappa shape index (κ1) is 17.0. The normalized spacial score (nSPS) is 12.7. The molecule has 0 aliphatic rings. The van der Waals surface area contributed by atoms with Gasteiger partial charge in [0.1, 0.15) is 6.61 Å². The van der Waals surface area contributed by atoms with E-state index in [1.165, 1.54) is 5.56 Å². The zero-order valence-electron chi connectivity index (χ0n) is 12.0. The maximum Gasteiger partial charge on any atom is 0.411 e. The van der Waals surface area contributed by atoms with Crippen molar-refractivity contribution in [3.05, 3.63) is 35.9 Å². The van der Waals surface area contributed by atoms with Crippen molar-refractivity contribution in [2.75, 3.05) is 26.3 Å². The van der Waals surface area contributed by atoms with Crippen LogP contribution in [0.4, 0.5) is 13.2 Å². The van der Waals surface area contributed by atoms with Gasteiger partial charge in [-0.2, -0.15) is 13.2 Å². The number of rotatable bonds is 8. The third kappa shape index (κ3) is 6.91. The standard InChI is InChI=1S/C15H22F3NO/c1-14(2,13-7-4-3-5-8-13)11-19-9-6-10-20-12-15(16,17)18/h3-5,7-8,19H,6,9-12H2,1-2H3. The van der Waals surface area contributed by atoms with Gasteiger partial charge >= 0.3 is 6.18 Å². The van der Waals surface area contributed by atoms with Crippen molar-refractivity contribution in [2.24, 2.45) is 0 Å². The van der Waals surface area contributed by atoms with Crippen LogP contribution in [0.3, 0.4) is 0 Å². The van der Waals surface area contributed by atoms with Crippen LogP contribution in [0.2, 0.25) is 0 Å². The smallest absolute Gasteiger partial charge is 0.372 e. The molecule has 1 aromatic rings. The summed E-state index contributed by atoms with van der Waals surface area (Å²) < 4.78 is 40.1. The lowest BCUT2D eigenvalue weighted by molar-refractivity contribution is -0.173. The third-order valence-corrected chi connectivity index (χ3v) is 3.03. The van der Waals surface area contributed by atoms with Gasteiger partial charge < -0.3 is 10.1 Å². The number of benzene rings is 1. The van der Waals surface area contributed by atoms with Gasteiger partial charge in [0.2, 0.25) is 0 Å². The molecule has 1 aromatic carbocycles. The largest absolute Gasteiger partial charge is 0.411 e. The van der Waals surface area contributed by atoms with Crippen molar-refractivity contribution in [3.8, 4) is 0 Å². The Bertz CT molecular complexity index is 376. The maximum absolute atomic E-state index is 11.8. The number of alkyl halides is 3. The first-order valence-electron chi connectivity index (χ1n) is 6.72. The summed E-state index contributed by atoms with van der Waals surface area (Å²) in [5.41, 5.74) is 1.23. The topological polar surface area (TPSA) is 21.3 Å². The van der Waals surface area contributed by atoms with Gasteiger partial charge in [-0.15, -0.1) is 0 Å². The third-order valence-electron chi connectivity index (χ3n) is 3.03. The van der Waals surface area contributed by atoms with Gasteiger partial charge in [-0.05, 0) is 18.5 Å². The highest BCUT2D eigenvalue weighted by Gasteiger charge is 2.27. The molecule has 2 nitrogen and oxygen atoms in total. The molecular weight excluding hydrogens is 267 g/mol. The summed E-state index contributed by atoms with van der Waals surface area (Å²) in [4.78, 5) is 0. The van der Waals surface area contributed by atoms with Crippen molar-refractivity contribution in [1.29, 1.82) is 0 Å². The Labute approximate surface area is 118 Å². The van der Waals surface area contributed by atoms with E-state index < -0.39 is 12.8 Å². The summed E-state index contributed by atoms with van der Waals surface area (Å²) in [5.74, 6) is 0. The maximum atomic E-state index is 11.8. The second-order valence-electron chi connectivity index (χ2n) is 5.45. The minimum Gasteiger partial charge on any atom is -0.372 e. The summed E-state index contributed by atoms with van der Waals surface area (Å²) >= 11 is 0. The lowest BCUT2D eigenvalue weighted by Gasteiger charge is -2.25. The molecule has 0 aliphatic heterocycles. The average molecular weight is 289 g/mol. The molecule has 0 aromatic heterocycles. The van der Waals surface area contributed by atoms with Crippen molar-refractivity contribution >= 4 is 0 Å². The van der Waals surface area contributed by atoms with Crippen molar-refractivity contribution in [3.63, 3.8) is 0 Å². The fraction of sp³-hybridized carbons (Fsp3) is 0.600. The highest BCUT2D eigenvalue weighted by molar-refractivity contribution is 5.23. The summed E-state index contributed by atoms with van der Waals surface area (Å²) in [6, 6.07) is 10.1. The minimum atomic E-state index is -4.23. The first-order valence-corrected chi connectivity index (χ1v) is 6.72. The van der Waals surface area contributed by atoms with Gasteiger partial charge in [0.05, 0.1) is 0 Å². The molecule has 20 heavy (non-hydrogen) atoms. The van der Waals surface area contributed by atoms with E-state index in [1.807, 2.05) is 18.2 Å². The fourth-order valence-electron chi connectivity index (χ4n) is 1.88. The average Bonchev–Trinajstić information content (AvgIpc) is 2.37. The highest BCUT2D eigenvalue weighted by atomic mass is 19.4. The van der Waals surface area contributed by atoms with Gasteiger partial charge in [-0.3, -0.25) is 0 Å². The summed E-state index contributed by atoms with van der Waals surface area (Å²) in [5, 5.41) is 3.26. The Balaban J connectivity index is 2.15. The molecule has 114 valence electrons. The monoisotopic (exact) mass is 289 g/mol. The predicted molar refractivity (Wildman–Crippen MR) is 73.8 cm³/mol.